The van der Waals surface area contributed by atoms with E-state index in [-0.39, 0.29) is 12.6 Å². The van der Waals surface area contributed by atoms with Crippen LogP contribution >= 0.6 is 0 Å². The molecule has 2 N–H and O–H groups in total. The Morgan fingerprint density at radius 2 is 1.86 bits per heavy atom. The van der Waals surface area contributed by atoms with E-state index in [4.69, 9.17) is 4.74 Å². The molecule has 6 heteroatoms. The Hall–Kier alpha value is -2.08. The number of amides is 3. The molecular weight excluding hydrogens is 282 g/mol. The Kier molecular flexibility index (Phi) is 4.29. The van der Waals surface area contributed by atoms with Crippen LogP contribution in [0.15, 0.2) is 30.3 Å². The van der Waals surface area contributed by atoms with E-state index in [1.807, 2.05) is 30.3 Å². The lowest BCUT2D eigenvalue weighted by molar-refractivity contribution is 0.0677. The third-order valence-electron chi connectivity index (χ3n) is 4.53. The molecule has 2 aliphatic heterocycles. The number of nitrogens with zero attached hydrogens (tertiary/aromatic N) is 1. The molecule has 3 rings (SSSR count). The van der Waals surface area contributed by atoms with Crippen molar-refractivity contribution in [2.75, 3.05) is 26.2 Å². The Labute approximate surface area is 129 Å². The number of piperidine rings is 1. The number of urea groups is 1. The Balaban J connectivity index is 1.40. The average Bonchev–Trinajstić information content (AvgIpc) is 2.52. The number of benzene rings is 1. The van der Waals surface area contributed by atoms with Gasteiger partial charge in [-0.2, -0.15) is 0 Å². The van der Waals surface area contributed by atoms with E-state index in [9.17, 15) is 9.59 Å². The van der Waals surface area contributed by atoms with Gasteiger partial charge in [0.15, 0.2) is 0 Å². The summed E-state index contributed by atoms with van der Waals surface area (Å²) in [4.78, 5) is 25.4. The van der Waals surface area contributed by atoms with Gasteiger partial charge in [-0.05, 0) is 23.8 Å². The van der Waals surface area contributed by atoms with Crippen LogP contribution in [0.5, 0.6) is 0 Å². The maximum absolute atomic E-state index is 12.0. The third-order valence-corrected chi connectivity index (χ3v) is 4.53. The summed E-state index contributed by atoms with van der Waals surface area (Å²) in [5.74, 6) is 0. The molecule has 1 aromatic rings. The molecule has 2 aliphatic rings. The highest BCUT2D eigenvalue weighted by Crippen LogP contribution is 2.34. The summed E-state index contributed by atoms with van der Waals surface area (Å²) >= 11 is 0. The summed E-state index contributed by atoms with van der Waals surface area (Å²) < 4.78 is 5.06. The molecule has 1 aromatic carbocycles. The van der Waals surface area contributed by atoms with E-state index in [1.54, 1.807) is 4.90 Å². The van der Waals surface area contributed by atoms with Crippen LogP contribution in [0.3, 0.4) is 0 Å². The highest BCUT2D eigenvalue weighted by molar-refractivity contribution is 5.90. The van der Waals surface area contributed by atoms with Crippen molar-refractivity contribution >= 4 is 12.1 Å². The minimum atomic E-state index is -0.695. The average molecular weight is 303 g/mol. The zero-order valence-corrected chi connectivity index (χ0v) is 12.5. The fourth-order valence-corrected chi connectivity index (χ4v) is 2.94. The number of hydrogen-bond acceptors (Lipinski definition) is 4. The Bertz CT molecular complexity index is 533. The van der Waals surface area contributed by atoms with E-state index >= 15 is 0 Å². The van der Waals surface area contributed by atoms with Crippen molar-refractivity contribution in [2.24, 2.45) is 5.41 Å². The van der Waals surface area contributed by atoms with Crippen LogP contribution in [-0.2, 0) is 11.3 Å². The number of likely N-dealkylation sites (tertiary alicyclic amines) is 1. The first-order valence-electron chi connectivity index (χ1n) is 7.64. The summed E-state index contributed by atoms with van der Waals surface area (Å²) in [5.41, 5.74) is 1.27. The number of carbonyl (C=O) groups excluding carboxylic acids is 2. The Morgan fingerprint density at radius 3 is 2.45 bits per heavy atom. The number of imide groups is 1. The van der Waals surface area contributed by atoms with Gasteiger partial charge in [-0.1, -0.05) is 30.3 Å². The molecule has 1 spiro atoms. The van der Waals surface area contributed by atoms with Crippen LogP contribution in [0.25, 0.3) is 0 Å². The normalized spacial score (nSPS) is 19.4. The van der Waals surface area contributed by atoms with E-state index in [1.165, 1.54) is 0 Å². The van der Waals surface area contributed by atoms with Crippen molar-refractivity contribution in [2.45, 2.75) is 19.4 Å². The second-order valence-electron chi connectivity index (χ2n) is 6.08. The summed E-state index contributed by atoms with van der Waals surface area (Å²) in [6.07, 6.45) is 1.29. The first-order chi connectivity index (χ1) is 10.7. The number of alkyl carbamates (subject to hydrolysis) is 1. The predicted molar refractivity (Wildman–Crippen MR) is 81.3 cm³/mol. The van der Waals surface area contributed by atoms with Gasteiger partial charge in [0.05, 0.1) is 0 Å². The zero-order chi connectivity index (χ0) is 15.4. The molecule has 3 amide bonds. The molecule has 2 saturated heterocycles. The van der Waals surface area contributed by atoms with Gasteiger partial charge in [0.1, 0.15) is 6.61 Å². The van der Waals surface area contributed by atoms with Gasteiger partial charge < -0.3 is 15.0 Å². The minimum absolute atomic E-state index is 0.161. The molecule has 22 heavy (non-hydrogen) atoms. The number of hydrogen-bond donors (Lipinski definition) is 2. The van der Waals surface area contributed by atoms with Crippen molar-refractivity contribution < 1.29 is 14.3 Å². The van der Waals surface area contributed by atoms with Crippen molar-refractivity contribution in [1.29, 1.82) is 0 Å². The number of carbonyl (C=O) groups is 2. The van der Waals surface area contributed by atoms with E-state index in [0.717, 1.165) is 31.5 Å². The highest BCUT2D eigenvalue weighted by atomic mass is 16.5. The molecule has 2 fully saturated rings. The summed E-state index contributed by atoms with van der Waals surface area (Å²) in [7, 11) is 0. The Morgan fingerprint density at radius 1 is 1.18 bits per heavy atom. The van der Waals surface area contributed by atoms with Gasteiger partial charge in [-0.15, -0.1) is 0 Å². The zero-order valence-electron chi connectivity index (χ0n) is 12.5. The first kappa shape index (κ1) is 14.8. The van der Waals surface area contributed by atoms with Crippen molar-refractivity contribution in [1.82, 2.24) is 15.5 Å². The molecule has 0 radical (unpaired) electrons. The number of ether oxygens (including phenoxy) is 1. The lowest BCUT2D eigenvalue weighted by atomic mass is 9.73. The minimum Gasteiger partial charge on any atom is -0.444 e. The molecule has 0 saturated carbocycles. The van der Waals surface area contributed by atoms with Gasteiger partial charge in [-0.3, -0.25) is 0 Å². The predicted octanol–water partition coefficient (Wildman–Crippen LogP) is 1.72. The molecule has 118 valence electrons. The second-order valence-corrected chi connectivity index (χ2v) is 6.08. The fourth-order valence-electron chi connectivity index (χ4n) is 2.94. The molecule has 6 nitrogen and oxygen atoms in total. The monoisotopic (exact) mass is 303 g/mol. The quantitative estimate of drug-likeness (QED) is 0.873. The van der Waals surface area contributed by atoms with Crippen LogP contribution in [0.4, 0.5) is 9.59 Å². The molecule has 0 bridgehead atoms. The molecule has 0 unspecified atom stereocenters. The topological polar surface area (TPSA) is 70.7 Å². The molecule has 0 aromatic heterocycles. The number of rotatable bonds is 2. The van der Waals surface area contributed by atoms with Crippen molar-refractivity contribution in [3.63, 3.8) is 0 Å². The molecule has 2 heterocycles. The van der Waals surface area contributed by atoms with Crippen molar-refractivity contribution in [3.8, 4) is 0 Å². The van der Waals surface area contributed by atoms with E-state index in [0.29, 0.717) is 18.5 Å². The molecule has 0 atom stereocenters. The van der Waals surface area contributed by atoms with Crippen LogP contribution in [-0.4, -0.2) is 43.2 Å². The summed E-state index contributed by atoms with van der Waals surface area (Å²) in [6, 6.07) is 9.02. The van der Waals surface area contributed by atoms with Crippen LogP contribution in [0, 0.1) is 5.41 Å². The second kappa shape index (κ2) is 6.36. The van der Waals surface area contributed by atoms with Gasteiger partial charge in [0.2, 0.25) is 0 Å². The van der Waals surface area contributed by atoms with Crippen LogP contribution in [0.1, 0.15) is 18.4 Å². The van der Waals surface area contributed by atoms with Crippen LogP contribution in [0.2, 0.25) is 0 Å². The van der Waals surface area contributed by atoms with Gasteiger partial charge in [0, 0.05) is 26.2 Å². The lowest BCUT2D eigenvalue weighted by Gasteiger charge is -2.48. The van der Waals surface area contributed by atoms with Crippen LogP contribution < -0.4 is 10.6 Å². The van der Waals surface area contributed by atoms with Gasteiger partial charge in [0.25, 0.3) is 0 Å². The van der Waals surface area contributed by atoms with E-state index < -0.39 is 6.09 Å². The molecular formula is C16H21N3O3. The maximum atomic E-state index is 12.0. The standard InChI is InChI=1S/C16H21N3O3/c20-14(19-8-6-16(7-9-19)11-17-12-16)18-15(21)22-10-13-4-2-1-3-5-13/h1-5,17H,6-12H2,(H,18,20,21). The smallest absolute Gasteiger partial charge is 0.415 e. The summed E-state index contributed by atoms with van der Waals surface area (Å²) in [5, 5.41) is 5.58. The first-order valence-corrected chi connectivity index (χ1v) is 7.64. The maximum Gasteiger partial charge on any atom is 0.415 e. The fraction of sp³-hybridized carbons (Fsp3) is 0.500. The molecule has 0 aliphatic carbocycles. The highest BCUT2D eigenvalue weighted by Gasteiger charge is 2.40. The van der Waals surface area contributed by atoms with Crippen molar-refractivity contribution in [3.05, 3.63) is 35.9 Å². The lowest BCUT2D eigenvalue weighted by Crippen LogP contribution is -2.59. The van der Waals surface area contributed by atoms with Gasteiger partial charge in [-0.25, -0.2) is 14.9 Å². The largest absolute Gasteiger partial charge is 0.444 e. The summed E-state index contributed by atoms with van der Waals surface area (Å²) in [6.45, 7) is 3.64. The SMILES string of the molecule is O=C(NC(=O)N1CCC2(CC1)CNC2)OCc1ccccc1. The number of nitrogens with one attached hydrogen (secondary N) is 2. The third kappa shape index (κ3) is 3.39. The van der Waals surface area contributed by atoms with Gasteiger partial charge >= 0.3 is 12.1 Å². The van der Waals surface area contributed by atoms with E-state index in [2.05, 4.69) is 10.6 Å².